The van der Waals surface area contributed by atoms with Crippen molar-refractivity contribution in [3.05, 3.63) is 28.2 Å². The second kappa shape index (κ2) is 7.85. The predicted molar refractivity (Wildman–Crippen MR) is 86.0 cm³/mol. The highest BCUT2D eigenvalue weighted by atomic mass is 32.1. The van der Waals surface area contributed by atoms with E-state index in [4.69, 9.17) is 21.7 Å². The SMILES string of the molecule is COCCN(CCOC)Cn1c(=S)sc2ccccc21. The van der Waals surface area contributed by atoms with Gasteiger partial charge >= 0.3 is 0 Å². The maximum atomic E-state index is 5.49. The van der Waals surface area contributed by atoms with Gasteiger partial charge in [-0.25, -0.2) is 0 Å². The van der Waals surface area contributed by atoms with E-state index in [1.54, 1.807) is 25.6 Å². The molecule has 2 rings (SSSR count). The summed E-state index contributed by atoms with van der Waals surface area (Å²) in [4.78, 5) is 2.29. The molecule has 0 N–H and O–H groups in total. The number of thiazole rings is 1. The molecule has 20 heavy (non-hydrogen) atoms. The molecule has 0 amide bonds. The molecule has 0 aliphatic rings. The van der Waals surface area contributed by atoms with Gasteiger partial charge in [-0.15, -0.1) is 11.3 Å². The summed E-state index contributed by atoms with van der Waals surface area (Å²) < 4.78 is 14.7. The number of ether oxygens (including phenoxy) is 2. The highest BCUT2D eigenvalue weighted by molar-refractivity contribution is 7.73. The number of fused-ring (bicyclic) bond motifs is 1. The van der Waals surface area contributed by atoms with E-state index in [0.717, 1.165) is 23.7 Å². The Hall–Kier alpha value is -0.790. The quantitative estimate of drug-likeness (QED) is 0.700. The van der Waals surface area contributed by atoms with E-state index in [9.17, 15) is 0 Å². The third-order valence-corrected chi connectivity index (χ3v) is 4.57. The van der Waals surface area contributed by atoms with E-state index in [-0.39, 0.29) is 0 Å². The van der Waals surface area contributed by atoms with Crippen molar-refractivity contribution in [3.63, 3.8) is 0 Å². The molecule has 1 heterocycles. The second-order valence-corrected chi connectivity index (χ2v) is 6.18. The van der Waals surface area contributed by atoms with Crippen molar-refractivity contribution in [2.24, 2.45) is 0 Å². The van der Waals surface area contributed by atoms with Crippen LogP contribution < -0.4 is 0 Å². The number of aromatic nitrogens is 1. The van der Waals surface area contributed by atoms with Crippen LogP contribution in [0.1, 0.15) is 0 Å². The van der Waals surface area contributed by atoms with Crippen LogP contribution in [-0.4, -0.2) is 50.0 Å². The van der Waals surface area contributed by atoms with Gasteiger partial charge in [-0.3, -0.25) is 4.90 Å². The highest BCUT2D eigenvalue weighted by Crippen LogP contribution is 2.23. The first-order valence-corrected chi connectivity index (χ1v) is 7.77. The van der Waals surface area contributed by atoms with Gasteiger partial charge in [-0.2, -0.15) is 0 Å². The maximum absolute atomic E-state index is 5.49. The fourth-order valence-electron chi connectivity index (χ4n) is 2.04. The zero-order chi connectivity index (χ0) is 14.4. The monoisotopic (exact) mass is 312 g/mol. The fourth-order valence-corrected chi connectivity index (χ4v) is 3.35. The Morgan fingerprint density at radius 2 is 1.80 bits per heavy atom. The molecule has 0 bridgehead atoms. The highest BCUT2D eigenvalue weighted by Gasteiger charge is 2.09. The van der Waals surface area contributed by atoms with Crippen LogP contribution in [0.2, 0.25) is 0 Å². The lowest BCUT2D eigenvalue weighted by Gasteiger charge is -2.22. The molecular weight excluding hydrogens is 292 g/mol. The summed E-state index contributed by atoms with van der Waals surface area (Å²) in [5.74, 6) is 0. The third-order valence-electron chi connectivity index (χ3n) is 3.14. The molecule has 0 aliphatic heterocycles. The number of rotatable bonds is 8. The van der Waals surface area contributed by atoms with Crippen LogP contribution in [-0.2, 0) is 16.1 Å². The van der Waals surface area contributed by atoms with Crippen molar-refractivity contribution in [1.82, 2.24) is 9.47 Å². The molecule has 0 saturated carbocycles. The van der Waals surface area contributed by atoms with Gasteiger partial charge in [0, 0.05) is 27.3 Å². The van der Waals surface area contributed by atoms with E-state index < -0.39 is 0 Å². The van der Waals surface area contributed by atoms with Gasteiger partial charge in [0.1, 0.15) is 0 Å². The summed E-state index contributed by atoms with van der Waals surface area (Å²) in [7, 11) is 3.44. The lowest BCUT2D eigenvalue weighted by atomic mass is 10.3. The summed E-state index contributed by atoms with van der Waals surface area (Å²) in [6.07, 6.45) is 0. The van der Waals surface area contributed by atoms with Crippen LogP contribution in [0.15, 0.2) is 24.3 Å². The van der Waals surface area contributed by atoms with Crippen molar-refractivity contribution in [2.75, 3.05) is 40.5 Å². The minimum absolute atomic E-state index is 0.707. The number of hydrogen-bond donors (Lipinski definition) is 0. The number of nitrogens with zero attached hydrogens (tertiary/aromatic N) is 2. The van der Waals surface area contributed by atoms with Gasteiger partial charge in [-0.05, 0) is 24.4 Å². The van der Waals surface area contributed by atoms with Crippen LogP contribution in [0.25, 0.3) is 10.2 Å². The molecule has 0 atom stereocenters. The zero-order valence-corrected chi connectivity index (χ0v) is 13.5. The lowest BCUT2D eigenvalue weighted by Crippen LogP contribution is -2.32. The average Bonchev–Trinajstić information content (AvgIpc) is 2.78. The number of benzene rings is 1. The minimum Gasteiger partial charge on any atom is -0.383 e. The second-order valence-electron chi connectivity index (χ2n) is 4.51. The Kier molecular flexibility index (Phi) is 6.12. The van der Waals surface area contributed by atoms with Crippen molar-refractivity contribution < 1.29 is 9.47 Å². The molecule has 4 nitrogen and oxygen atoms in total. The molecule has 0 fully saturated rings. The predicted octanol–water partition coefficient (Wildman–Crippen LogP) is 2.98. The summed E-state index contributed by atoms with van der Waals surface area (Å²) in [5, 5.41) is 0. The molecule has 2 aromatic rings. The number of methoxy groups -OCH3 is 2. The summed E-state index contributed by atoms with van der Waals surface area (Å²) in [6, 6.07) is 8.33. The van der Waals surface area contributed by atoms with Gasteiger partial charge in [-0.1, -0.05) is 12.1 Å². The van der Waals surface area contributed by atoms with Gasteiger partial charge < -0.3 is 14.0 Å². The van der Waals surface area contributed by atoms with Crippen molar-refractivity contribution in [2.45, 2.75) is 6.67 Å². The van der Waals surface area contributed by atoms with E-state index in [0.29, 0.717) is 13.2 Å². The summed E-state index contributed by atoms with van der Waals surface area (Å²) in [5.41, 5.74) is 1.20. The van der Waals surface area contributed by atoms with Gasteiger partial charge in [0.25, 0.3) is 0 Å². The van der Waals surface area contributed by atoms with Crippen molar-refractivity contribution in [1.29, 1.82) is 0 Å². The first-order valence-electron chi connectivity index (χ1n) is 6.55. The lowest BCUT2D eigenvalue weighted by molar-refractivity contribution is 0.0969. The zero-order valence-electron chi connectivity index (χ0n) is 11.9. The third kappa shape index (κ3) is 3.86. The Balaban J connectivity index is 2.18. The van der Waals surface area contributed by atoms with E-state index in [2.05, 4.69) is 27.7 Å². The average molecular weight is 312 g/mol. The van der Waals surface area contributed by atoms with Gasteiger partial charge in [0.2, 0.25) is 0 Å². The van der Waals surface area contributed by atoms with Crippen LogP contribution in [0.3, 0.4) is 0 Å². The first-order chi connectivity index (χ1) is 9.76. The smallest absolute Gasteiger partial charge is 0.163 e. The summed E-state index contributed by atoms with van der Waals surface area (Å²) in [6.45, 7) is 3.92. The van der Waals surface area contributed by atoms with Crippen LogP contribution in [0.5, 0.6) is 0 Å². The molecule has 0 unspecified atom stereocenters. The van der Waals surface area contributed by atoms with Crippen molar-refractivity contribution in [3.8, 4) is 0 Å². The van der Waals surface area contributed by atoms with Gasteiger partial charge in [0.05, 0.1) is 30.1 Å². The first kappa shape index (κ1) is 15.6. The molecule has 6 heteroatoms. The Morgan fingerprint density at radius 3 is 2.45 bits per heavy atom. The molecule has 0 saturated heterocycles. The molecule has 1 aromatic heterocycles. The Bertz CT molecular complexity index is 586. The van der Waals surface area contributed by atoms with E-state index in [1.807, 2.05) is 6.07 Å². The standard InChI is InChI=1S/C14H20N2O2S2/c1-17-9-7-15(8-10-18-2)11-16-12-5-3-4-6-13(12)20-14(16)19/h3-6H,7-11H2,1-2H3. The molecule has 1 aromatic carbocycles. The van der Waals surface area contributed by atoms with Crippen LogP contribution in [0, 0.1) is 3.95 Å². The topological polar surface area (TPSA) is 26.6 Å². The molecule has 0 radical (unpaired) electrons. The van der Waals surface area contributed by atoms with E-state index >= 15 is 0 Å². The fraction of sp³-hybridized carbons (Fsp3) is 0.500. The largest absolute Gasteiger partial charge is 0.383 e. The molecule has 0 aliphatic carbocycles. The maximum Gasteiger partial charge on any atom is 0.163 e. The Labute approximate surface area is 128 Å². The summed E-state index contributed by atoms with van der Waals surface area (Å²) >= 11 is 7.15. The molecular formula is C14H20N2O2S2. The normalized spacial score (nSPS) is 11.6. The van der Waals surface area contributed by atoms with E-state index in [1.165, 1.54) is 10.2 Å². The number of para-hydroxylation sites is 1. The molecule has 110 valence electrons. The Morgan fingerprint density at radius 1 is 1.15 bits per heavy atom. The minimum atomic E-state index is 0.707. The van der Waals surface area contributed by atoms with Crippen LogP contribution in [0.4, 0.5) is 0 Å². The van der Waals surface area contributed by atoms with Gasteiger partial charge in [0.15, 0.2) is 3.95 Å². The molecule has 0 spiro atoms. The van der Waals surface area contributed by atoms with Crippen molar-refractivity contribution >= 4 is 33.8 Å². The van der Waals surface area contributed by atoms with Crippen LogP contribution >= 0.6 is 23.6 Å². The number of hydrogen-bond acceptors (Lipinski definition) is 5.